The molecule has 0 radical (unpaired) electrons. The zero-order valence-electron chi connectivity index (χ0n) is 10.7. The highest BCUT2D eigenvalue weighted by molar-refractivity contribution is 5.61. The van der Waals surface area contributed by atoms with Crippen molar-refractivity contribution in [3.63, 3.8) is 0 Å². The number of ether oxygens (including phenoxy) is 1. The van der Waals surface area contributed by atoms with Crippen molar-refractivity contribution in [3.05, 3.63) is 41.0 Å². The Morgan fingerprint density at radius 1 is 1.61 bits per heavy atom. The third-order valence-corrected chi connectivity index (χ3v) is 2.60. The Labute approximate surface area is 107 Å². The summed E-state index contributed by atoms with van der Waals surface area (Å²) in [6, 6.07) is 4.80. The van der Waals surface area contributed by atoms with Crippen molar-refractivity contribution < 1.29 is 9.66 Å². The minimum Gasteiger partial charge on any atom is -0.494 e. The van der Waals surface area contributed by atoms with Crippen molar-refractivity contribution in [1.82, 2.24) is 0 Å². The Balaban J connectivity index is 2.82. The fourth-order valence-corrected chi connectivity index (χ4v) is 1.62. The maximum Gasteiger partial charge on any atom is 0.273 e. The Hall–Kier alpha value is -2.04. The fourth-order valence-electron chi connectivity index (χ4n) is 1.62. The highest BCUT2D eigenvalue weighted by Gasteiger charge is 2.12. The van der Waals surface area contributed by atoms with E-state index < -0.39 is 4.92 Å². The van der Waals surface area contributed by atoms with Crippen LogP contribution in [-0.2, 0) is 0 Å². The Kier molecular flexibility index (Phi) is 5.17. The quantitative estimate of drug-likeness (QED) is 0.458. The van der Waals surface area contributed by atoms with E-state index in [0.717, 1.165) is 18.5 Å². The topological polar surface area (TPSA) is 64.4 Å². The molecule has 18 heavy (non-hydrogen) atoms. The first-order valence-corrected chi connectivity index (χ1v) is 5.78. The van der Waals surface area contributed by atoms with Gasteiger partial charge in [-0.2, -0.15) is 0 Å². The molecule has 0 fully saturated rings. The average Bonchev–Trinajstić information content (AvgIpc) is 2.36. The molecular weight excluding hydrogens is 232 g/mol. The SMILES string of the molecule is C=CCCC(C)Nc1ccc([N+](=O)[O-])cc1OC. The van der Waals surface area contributed by atoms with Crippen LogP contribution in [0.25, 0.3) is 0 Å². The molecule has 0 aliphatic rings. The zero-order valence-corrected chi connectivity index (χ0v) is 10.7. The summed E-state index contributed by atoms with van der Waals surface area (Å²) in [7, 11) is 1.50. The van der Waals surface area contributed by atoms with Gasteiger partial charge in [0.15, 0.2) is 0 Å². The van der Waals surface area contributed by atoms with Crippen LogP contribution < -0.4 is 10.1 Å². The molecule has 1 atom stereocenters. The number of nitrogens with one attached hydrogen (secondary N) is 1. The molecule has 0 amide bonds. The van der Waals surface area contributed by atoms with Crippen LogP contribution in [0.2, 0.25) is 0 Å². The molecule has 0 aliphatic carbocycles. The standard InChI is InChI=1S/C13H18N2O3/c1-4-5-6-10(2)14-12-8-7-11(15(16)17)9-13(12)18-3/h4,7-10,14H,1,5-6H2,2-3H3. The molecule has 0 spiro atoms. The fraction of sp³-hybridized carbons (Fsp3) is 0.385. The second kappa shape index (κ2) is 6.64. The molecule has 1 aromatic carbocycles. The van der Waals surface area contributed by atoms with E-state index in [4.69, 9.17) is 4.74 Å². The molecule has 1 rings (SSSR count). The molecule has 0 saturated heterocycles. The van der Waals surface area contributed by atoms with Crippen LogP contribution in [0.1, 0.15) is 19.8 Å². The maximum atomic E-state index is 10.7. The van der Waals surface area contributed by atoms with Gasteiger partial charge in [0, 0.05) is 12.1 Å². The lowest BCUT2D eigenvalue weighted by atomic mass is 10.1. The van der Waals surface area contributed by atoms with Gasteiger partial charge in [-0.3, -0.25) is 10.1 Å². The summed E-state index contributed by atoms with van der Waals surface area (Å²) >= 11 is 0. The summed E-state index contributed by atoms with van der Waals surface area (Å²) in [5.41, 5.74) is 0.788. The number of non-ortho nitro benzene ring substituents is 1. The number of allylic oxidation sites excluding steroid dienone is 1. The minimum absolute atomic E-state index is 0.0242. The van der Waals surface area contributed by atoms with Crippen molar-refractivity contribution in [1.29, 1.82) is 0 Å². The monoisotopic (exact) mass is 250 g/mol. The highest BCUT2D eigenvalue weighted by Crippen LogP contribution is 2.29. The largest absolute Gasteiger partial charge is 0.494 e. The first-order chi connectivity index (χ1) is 8.58. The lowest BCUT2D eigenvalue weighted by Gasteiger charge is -2.16. The molecule has 1 unspecified atom stereocenters. The van der Waals surface area contributed by atoms with Gasteiger partial charge in [0.1, 0.15) is 5.75 Å². The Morgan fingerprint density at radius 2 is 2.33 bits per heavy atom. The van der Waals surface area contributed by atoms with E-state index in [2.05, 4.69) is 11.9 Å². The second-order valence-electron chi connectivity index (χ2n) is 4.05. The zero-order chi connectivity index (χ0) is 13.5. The number of nitrogens with zero attached hydrogens (tertiary/aromatic N) is 1. The smallest absolute Gasteiger partial charge is 0.273 e. The van der Waals surface area contributed by atoms with Crippen molar-refractivity contribution in [2.24, 2.45) is 0 Å². The Bertz CT molecular complexity index is 432. The van der Waals surface area contributed by atoms with Crippen LogP contribution in [0.3, 0.4) is 0 Å². The van der Waals surface area contributed by atoms with Crippen LogP contribution in [0, 0.1) is 10.1 Å². The summed E-state index contributed by atoms with van der Waals surface area (Å²) in [6.45, 7) is 5.72. The minimum atomic E-state index is -0.437. The van der Waals surface area contributed by atoms with Gasteiger partial charge in [-0.15, -0.1) is 6.58 Å². The lowest BCUT2D eigenvalue weighted by molar-refractivity contribution is -0.384. The molecule has 98 valence electrons. The molecule has 5 nitrogen and oxygen atoms in total. The van der Waals surface area contributed by atoms with Crippen molar-refractivity contribution in [2.75, 3.05) is 12.4 Å². The molecule has 0 bridgehead atoms. The Morgan fingerprint density at radius 3 is 2.89 bits per heavy atom. The van der Waals surface area contributed by atoms with Crippen molar-refractivity contribution >= 4 is 11.4 Å². The number of anilines is 1. The van der Waals surface area contributed by atoms with Gasteiger partial charge >= 0.3 is 0 Å². The highest BCUT2D eigenvalue weighted by atomic mass is 16.6. The molecule has 1 N–H and O–H groups in total. The van der Waals surface area contributed by atoms with Crippen LogP contribution in [-0.4, -0.2) is 18.1 Å². The average molecular weight is 250 g/mol. The summed E-state index contributed by atoms with van der Waals surface area (Å²) in [4.78, 5) is 10.2. The van der Waals surface area contributed by atoms with Crippen LogP contribution in [0.4, 0.5) is 11.4 Å². The summed E-state index contributed by atoms with van der Waals surface area (Å²) in [5, 5.41) is 13.9. The number of benzene rings is 1. The first kappa shape index (κ1) is 14.0. The van der Waals surface area contributed by atoms with Crippen LogP contribution in [0.5, 0.6) is 5.75 Å². The third-order valence-electron chi connectivity index (χ3n) is 2.60. The normalized spacial score (nSPS) is 11.7. The van der Waals surface area contributed by atoms with Gasteiger partial charge in [-0.25, -0.2) is 0 Å². The van der Waals surface area contributed by atoms with Gasteiger partial charge in [0.25, 0.3) is 5.69 Å². The molecule has 5 heteroatoms. The lowest BCUT2D eigenvalue weighted by Crippen LogP contribution is -2.15. The number of nitro benzene ring substituents is 1. The molecule has 0 heterocycles. The van der Waals surface area contributed by atoms with Gasteiger partial charge in [-0.1, -0.05) is 6.08 Å². The van der Waals surface area contributed by atoms with Gasteiger partial charge in [0.2, 0.25) is 0 Å². The molecule has 1 aromatic rings. The van der Waals surface area contributed by atoms with E-state index in [1.807, 2.05) is 13.0 Å². The van der Waals surface area contributed by atoms with Gasteiger partial charge in [0.05, 0.1) is 23.8 Å². The second-order valence-corrected chi connectivity index (χ2v) is 4.05. The molecular formula is C13H18N2O3. The van der Waals surface area contributed by atoms with E-state index >= 15 is 0 Å². The van der Waals surface area contributed by atoms with Crippen LogP contribution in [0.15, 0.2) is 30.9 Å². The number of methoxy groups -OCH3 is 1. The van der Waals surface area contributed by atoms with Crippen molar-refractivity contribution in [2.45, 2.75) is 25.8 Å². The van der Waals surface area contributed by atoms with Crippen molar-refractivity contribution in [3.8, 4) is 5.75 Å². The maximum absolute atomic E-state index is 10.7. The van der Waals surface area contributed by atoms with Crippen LogP contribution >= 0.6 is 0 Å². The molecule has 0 aliphatic heterocycles. The van der Waals surface area contributed by atoms with E-state index in [9.17, 15) is 10.1 Å². The number of hydrogen-bond donors (Lipinski definition) is 1. The van der Waals surface area contributed by atoms with E-state index in [-0.39, 0.29) is 11.7 Å². The summed E-state index contributed by atoms with van der Waals surface area (Å²) < 4.78 is 5.15. The van der Waals surface area contributed by atoms with E-state index in [1.165, 1.54) is 19.2 Å². The number of rotatable bonds is 7. The predicted molar refractivity (Wildman–Crippen MR) is 72.2 cm³/mol. The van der Waals surface area contributed by atoms with E-state index in [1.54, 1.807) is 6.07 Å². The third kappa shape index (κ3) is 3.76. The molecule has 0 aromatic heterocycles. The van der Waals surface area contributed by atoms with E-state index in [0.29, 0.717) is 5.75 Å². The molecule has 0 saturated carbocycles. The summed E-state index contributed by atoms with van der Waals surface area (Å²) in [6.07, 6.45) is 3.73. The number of hydrogen-bond acceptors (Lipinski definition) is 4. The first-order valence-electron chi connectivity index (χ1n) is 5.78. The number of nitro groups is 1. The summed E-state index contributed by atoms with van der Waals surface area (Å²) in [5.74, 6) is 0.481. The predicted octanol–water partition coefficient (Wildman–Crippen LogP) is 3.37. The van der Waals surface area contributed by atoms with Gasteiger partial charge < -0.3 is 10.1 Å². The van der Waals surface area contributed by atoms with Gasteiger partial charge in [-0.05, 0) is 25.8 Å².